The number of carbonyl (C=O) groups excluding carboxylic acids is 1. The number of nitriles is 1. The molecule has 0 aliphatic carbocycles. The van der Waals surface area contributed by atoms with Crippen LogP contribution in [-0.2, 0) is 16.1 Å². The summed E-state index contributed by atoms with van der Waals surface area (Å²) in [5, 5.41) is 12.8. The van der Waals surface area contributed by atoms with E-state index in [1.807, 2.05) is 68.4 Å². The molecule has 3 aromatic rings. The van der Waals surface area contributed by atoms with Crippen LogP contribution in [0.4, 0.5) is 5.82 Å². The third-order valence-electron chi connectivity index (χ3n) is 5.27. The summed E-state index contributed by atoms with van der Waals surface area (Å²) in [5.41, 5.74) is 2.74. The van der Waals surface area contributed by atoms with Crippen LogP contribution < -0.4 is 10.2 Å². The van der Waals surface area contributed by atoms with E-state index < -0.39 is 5.92 Å². The van der Waals surface area contributed by atoms with E-state index in [1.54, 1.807) is 0 Å². The van der Waals surface area contributed by atoms with Crippen LogP contribution in [0.5, 0.6) is 0 Å². The number of para-hydroxylation sites is 2. The lowest BCUT2D eigenvalue weighted by Crippen LogP contribution is -2.46. The Hall–Kier alpha value is -3.50. The monoisotopic (exact) mass is 415 g/mol. The average molecular weight is 415 g/mol. The van der Waals surface area contributed by atoms with E-state index in [-0.39, 0.29) is 18.1 Å². The Kier molecular flexibility index (Phi) is 6.10. The molecule has 7 nitrogen and oxygen atoms in total. The zero-order valence-corrected chi connectivity index (χ0v) is 17.7. The number of carbonyl (C=O) groups is 1. The summed E-state index contributed by atoms with van der Waals surface area (Å²) in [6.07, 6.45) is 0.0228. The van der Waals surface area contributed by atoms with E-state index >= 15 is 0 Å². The molecular weight excluding hydrogens is 390 g/mol. The van der Waals surface area contributed by atoms with Crippen LogP contribution in [0, 0.1) is 11.3 Å². The number of nitrogens with one attached hydrogen (secondary N) is 1. The predicted molar refractivity (Wildman–Crippen MR) is 118 cm³/mol. The maximum atomic E-state index is 13.0. The van der Waals surface area contributed by atoms with Gasteiger partial charge in [-0.25, -0.2) is 9.97 Å². The highest BCUT2D eigenvalue weighted by molar-refractivity contribution is 5.88. The second-order valence-electron chi connectivity index (χ2n) is 7.85. The summed E-state index contributed by atoms with van der Waals surface area (Å²) in [6, 6.07) is 19.3. The van der Waals surface area contributed by atoms with Gasteiger partial charge in [0.25, 0.3) is 0 Å². The molecule has 0 saturated carbocycles. The number of nitrogens with zero attached hydrogens (tertiary/aromatic N) is 4. The fourth-order valence-electron chi connectivity index (χ4n) is 3.91. The zero-order chi connectivity index (χ0) is 21.8. The summed E-state index contributed by atoms with van der Waals surface area (Å²) >= 11 is 0. The second kappa shape index (κ2) is 9.11. The van der Waals surface area contributed by atoms with Gasteiger partial charge in [0.15, 0.2) is 11.7 Å². The van der Waals surface area contributed by atoms with Crippen molar-refractivity contribution in [2.45, 2.75) is 38.5 Å². The summed E-state index contributed by atoms with van der Waals surface area (Å²) in [5.74, 6) is -0.877. The van der Waals surface area contributed by atoms with Crippen LogP contribution in [0.25, 0.3) is 11.0 Å². The summed E-state index contributed by atoms with van der Waals surface area (Å²) < 4.78 is 5.85. The summed E-state index contributed by atoms with van der Waals surface area (Å²) in [4.78, 5) is 24.6. The van der Waals surface area contributed by atoms with Gasteiger partial charge in [0.1, 0.15) is 5.69 Å². The lowest BCUT2D eigenvalue weighted by atomic mass is 10.0. The van der Waals surface area contributed by atoms with E-state index in [9.17, 15) is 10.1 Å². The highest BCUT2D eigenvalue weighted by atomic mass is 16.5. The molecule has 2 heterocycles. The third kappa shape index (κ3) is 4.65. The number of aromatic nitrogens is 2. The third-order valence-corrected chi connectivity index (χ3v) is 5.27. The van der Waals surface area contributed by atoms with Crippen LogP contribution in [0.1, 0.15) is 31.0 Å². The van der Waals surface area contributed by atoms with Gasteiger partial charge in [0.05, 0.1) is 29.3 Å². The Morgan fingerprint density at radius 2 is 1.71 bits per heavy atom. The molecule has 1 fully saturated rings. The van der Waals surface area contributed by atoms with Gasteiger partial charge < -0.3 is 15.0 Å². The van der Waals surface area contributed by atoms with Crippen LogP contribution in [0.2, 0.25) is 0 Å². The van der Waals surface area contributed by atoms with E-state index in [0.717, 1.165) is 11.1 Å². The molecule has 3 atom stereocenters. The molecule has 7 heteroatoms. The van der Waals surface area contributed by atoms with E-state index in [4.69, 9.17) is 14.7 Å². The molecule has 158 valence electrons. The summed E-state index contributed by atoms with van der Waals surface area (Å²) in [6.45, 7) is 5.60. The Morgan fingerprint density at radius 1 is 1.10 bits per heavy atom. The van der Waals surface area contributed by atoms with Crippen molar-refractivity contribution < 1.29 is 9.53 Å². The average Bonchev–Trinajstić information content (AvgIpc) is 2.78. The molecule has 1 saturated heterocycles. The molecule has 2 aromatic carbocycles. The van der Waals surface area contributed by atoms with Gasteiger partial charge in [-0.3, -0.25) is 4.79 Å². The lowest BCUT2D eigenvalue weighted by Gasteiger charge is -2.37. The molecule has 1 N–H and O–H groups in total. The van der Waals surface area contributed by atoms with Gasteiger partial charge in [-0.05, 0) is 31.5 Å². The minimum atomic E-state index is -1.07. The smallest absolute Gasteiger partial charge is 0.243 e. The van der Waals surface area contributed by atoms with Gasteiger partial charge in [0.2, 0.25) is 5.91 Å². The van der Waals surface area contributed by atoms with Crippen LogP contribution >= 0.6 is 0 Å². The number of amides is 1. The number of hydrogen-bond acceptors (Lipinski definition) is 6. The van der Waals surface area contributed by atoms with Gasteiger partial charge in [-0.15, -0.1) is 0 Å². The van der Waals surface area contributed by atoms with Crippen molar-refractivity contribution in [2.24, 2.45) is 0 Å². The standard InChI is InChI=1S/C24H25N5O2/c1-16-14-29(15-17(2)31-16)23-22(27-20-10-6-7-11-21(20)28-23)19(12-25)24(30)26-13-18-8-4-3-5-9-18/h3-11,16-17,19H,13-15H2,1-2H3,(H,26,30)/t16-,17-,19+/m1/s1. The molecule has 0 radical (unpaired) electrons. The predicted octanol–water partition coefficient (Wildman–Crippen LogP) is 3.17. The highest BCUT2D eigenvalue weighted by Gasteiger charge is 2.31. The molecule has 0 unspecified atom stereocenters. The Labute approximate surface area is 181 Å². The molecule has 1 aliphatic heterocycles. The normalized spacial score (nSPS) is 19.6. The summed E-state index contributed by atoms with van der Waals surface area (Å²) in [7, 11) is 0. The number of fused-ring (bicyclic) bond motifs is 1. The molecule has 4 rings (SSSR count). The van der Waals surface area contributed by atoms with Crippen molar-refractivity contribution in [1.29, 1.82) is 5.26 Å². The van der Waals surface area contributed by atoms with Crippen molar-refractivity contribution in [3.05, 3.63) is 65.9 Å². The first-order valence-corrected chi connectivity index (χ1v) is 10.4. The second-order valence-corrected chi connectivity index (χ2v) is 7.85. The van der Waals surface area contributed by atoms with E-state index in [2.05, 4.69) is 16.3 Å². The van der Waals surface area contributed by atoms with Crippen molar-refractivity contribution in [3.63, 3.8) is 0 Å². The van der Waals surface area contributed by atoms with Crippen molar-refractivity contribution in [1.82, 2.24) is 15.3 Å². The fraction of sp³-hybridized carbons (Fsp3) is 0.333. The minimum Gasteiger partial charge on any atom is -0.372 e. The molecular formula is C24H25N5O2. The number of ether oxygens (including phenoxy) is 1. The number of hydrogen-bond donors (Lipinski definition) is 1. The first-order chi connectivity index (χ1) is 15.0. The maximum absolute atomic E-state index is 13.0. The van der Waals surface area contributed by atoms with Crippen LogP contribution in [0.15, 0.2) is 54.6 Å². The lowest BCUT2D eigenvalue weighted by molar-refractivity contribution is -0.121. The molecule has 1 amide bonds. The highest BCUT2D eigenvalue weighted by Crippen LogP contribution is 2.29. The quantitative estimate of drug-likeness (QED) is 0.688. The molecule has 1 aromatic heterocycles. The molecule has 1 aliphatic rings. The maximum Gasteiger partial charge on any atom is 0.243 e. The van der Waals surface area contributed by atoms with Gasteiger partial charge in [-0.2, -0.15) is 5.26 Å². The number of rotatable bonds is 5. The SMILES string of the molecule is C[C@@H]1CN(c2nc3ccccc3nc2[C@H](C#N)C(=O)NCc2ccccc2)C[C@@H](C)O1. The van der Waals surface area contributed by atoms with Gasteiger partial charge >= 0.3 is 0 Å². The number of anilines is 1. The fourth-order valence-corrected chi connectivity index (χ4v) is 3.91. The van der Waals surface area contributed by atoms with Crippen molar-refractivity contribution in [3.8, 4) is 6.07 Å². The van der Waals surface area contributed by atoms with Crippen molar-refractivity contribution in [2.75, 3.05) is 18.0 Å². The number of morpholine rings is 1. The van der Waals surface area contributed by atoms with Gasteiger partial charge in [-0.1, -0.05) is 42.5 Å². The Balaban J connectivity index is 1.69. The van der Waals surface area contributed by atoms with Gasteiger partial charge in [0, 0.05) is 19.6 Å². The molecule has 0 spiro atoms. The van der Waals surface area contributed by atoms with E-state index in [1.165, 1.54) is 0 Å². The van der Waals surface area contributed by atoms with Crippen LogP contribution in [0.3, 0.4) is 0 Å². The molecule has 0 bridgehead atoms. The Morgan fingerprint density at radius 3 is 2.35 bits per heavy atom. The topological polar surface area (TPSA) is 91.1 Å². The first-order valence-electron chi connectivity index (χ1n) is 10.4. The molecule has 31 heavy (non-hydrogen) atoms. The Bertz CT molecular complexity index is 1100. The van der Waals surface area contributed by atoms with E-state index in [0.29, 0.717) is 36.7 Å². The first kappa shape index (κ1) is 20.8. The minimum absolute atomic E-state index is 0.0114. The van der Waals surface area contributed by atoms with Crippen LogP contribution in [-0.4, -0.2) is 41.2 Å². The zero-order valence-electron chi connectivity index (χ0n) is 17.7. The van der Waals surface area contributed by atoms with Crippen molar-refractivity contribution >= 4 is 22.8 Å². The number of benzene rings is 2. The largest absolute Gasteiger partial charge is 0.372 e.